The Morgan fingerprint density at radius 1 is 1.00 bits per heavy atom. The molecule has 0 saturated heterocycles. The highest BCUT2D eigenvalue weighted by atomic mass is 16.2. The average molecular weight is 293 g/mol. The van der Waals surface area contributed by atoms with Crippen LogP contribution in [0.4, 0.5) is 0 Å². The summed E-state index contributed by atoms with van der Waals surface area (Å²) in [5.74, 6) is -0.741. The maximum atomic E-state index is 12.5. The average Bonchev–Trinajstić information content (AvgIpc) is 2.73. The van der Waals surface area contributed by atoms with E-state index in [1.807, 2.05) is 19.9 Å². The molecule has 1 aliphatic carbocycles. The first-order chi connectivity index (χ1) is 10.5. The second-order valence-electron chi connectivity index (χ2n) is 5.95. The van der Waals surface area contributed by atoms with Crippen molar-refractivity contribution < 1.29 is 9.59 Å². The summed E-state index contributed by atoms with van der Waals surface area (Å²) in [5, 5.41) is 0. The van der Waals surface area contributed by atoms with Gasteiger partial charge in [0, 0.05) is 17.7 Å². The third-order valence-corrected chi connectivity index (χ3v) is 4.43. The fourth-order valence-electron chi connectivity index (χ4n) is 3.37. The zero-order valence-corrected chi connectivity index (χ0v) is 12.8. The molecule has 0 aromatic heterocycles. The predicted molar refractivity (Wildman–Crippen MR) is 86.1 cm³/mol. The molecular formula is C19H19NO2. The lowest BCUT2D eigenvalue weighted by atomic mass is 9.89. The van der Waals surface area contributed by atoms with Gasteiger partial charge in [0.05, 0.1) is 5.92 Å². The third-order valence-electron chi connectivity index (χ3n) is 4.43. The highest BCUT2D eigenvalue weighted by molar-refractivity contribution is 6.26. The maximum absolute atomic E-state index is 12.5. The summed E-state index contributed by atoms with van der Waals surface area (Å²) in [6.07, 6.45) is 0.432. The molecule has 112 valence electrons. The first-order valence-electron chi connectivity index (χ1n) is 7.49. The van der Waals surface area contributed by atoms with Gasteiger partial charge in [0.1, 0.15) is 0 Å². The molecule has 0 spiro atoms. The van der Waals surface area contributed by atoms with E-state index in [0.29, 0.717) is 24.1 Å². The molecule has 0 amide bonds. The maximum Gasteiger partial charge on any atom is 0.174 e. The minimum atomic E-state index is -0.608. The van der Waals surface area contributed by atoms with Crippen LogP contribution >= 0.6 is 0 Å². The number of ketones is 2. The van der Waals surface area contributed by atoms with Crippen LogP contribution in [0.15, 0.2) is 36.4 Å². The quantitative estimate of drug-likeness (QED) is 0.885. The SMILES string of the molecule is Cc1cc(C)c(CN)c(CC2C(=O)c3ccccc3C2=O)c1. The molecule has 3 nitrogen and oxygen atoms in total. The van der Waals surface area contributed by atoms with Crippen molar-refractivity contribution in [3.05, 3.63) is 69.8 Å². The van der Waals surface area contributed by atoms with Crippen molar-refractivity contribution in [1.82, 2.24) is 0 Å². The lowest BCUT2D eigenvalue weighted by Crippen LogP contribution is -2.19. The number of hydrogen-bond donors (Lipinski definition) is 1. The largest absolute Gasteiger partial charge is 0.326 e. The van der Waals surface area contributed by atoms with Crippen LogP contribution in [0.3, 0.4) is 0 Å². The highest BCUT2D eigenvalue weighted by Crippen LogP contribution is 2.30. The zero-order chi connectivity index (χ0) is 15.9. The Kier molecular flexibility index (Phi) is 3.67. The first kappa shape index (κ1) is 14.7. The molecule has 3 heteroatoms. The summed E-state index contributed by atoms with van der Waals surface area (Å²) in [6.45, 7) is 4.46. The van der Waals surface area contributed by atoms with E-state index in [2.05, 4.69) is 6.07 Å². The molecule has 0 fully saturated rings. The van der Waals surface area contributed by atoms with Gasteiger partial charge < -0.3 is 5.73 Å². The van der Waals surface area contributed by atoms with Crippen molar-refractivity contribution in [3.63, 3.8) is 0 Å². The first-order valence-corrected chi connectivity index (χ1v) is 7.49. The Morgan fingerprint density at radius 3 is 2.14 bits per heavy atom. The molecule has 0 heterocycles. The molecule has 2 N–H and O–H groups in total. The molecule has 22 heavy (non-hydrogen) atoms. The molecule has 2 aromatic carbocycles. The fourth-order valence-corrected chi connectivity index (χ4v) is 3.37. The van der Waals surface area contributed by atoms with Gasteiger partial charge in [-0.1, -0.05) is 42.0 Å². The van der Waals surface area contributed by atoms with Crippen molar-refractivity contribution in [3.8, 4) is 0 Å². The molecule has 3 rings (SSSR count). The third kappa shape index (κ3) is 2.28. The minimum absolute atomic E-state index is 0.0669. The summed E-state index contributed by atoms with van der Waals surface area (Å²) >= 11 is 0. The smallest absolute Gasteiger partial charge is 0.174 e. The molecule has 0 unspecified atom stereocenters. The number of aryl methyl sites for hydroxylation is 2. The second kappa shape index (κ2) is 5.50. The Labute approximate surface area is 130 Å². The van der Waals surface area contributed by atoms with E-state index >= 15 is 0 Å². The van der Waals surface area contributed by atoms with E-state index in [1.165, 1.54) is 0 Å². The Morgan fingerprint density at radius 2 is 1.59 bits per heavy atom. The van der Waals surface area contributed by atoms with E-state index in [0.717, 1.165) is 22.3 Å². The molecule has 0 aliphatic heterocycles. The van der Waals surface area contributed by atoms with Crippen LogP contribution in [-0.4, -0.2) is 11.6 Å². The number of carbonyl (C=O) groups excluding carboxylic acids is 2. The van der Waals surface area contributed by atoms with Crippen molar-refractivity contribution in [2.24, 2.45) is 11.7 Å². The van der Waals surface area contributed by atoms with Gasteiger partial charge in [-0.15, -0.1) is 0 Å². The monoisotopic (exact) mass is 293 g/mol. The van der Waals surface area contributed by atoms with Crippen LogP contribution in [0.25, 0.3) is 0 Å². The molecule has 2 aromatic rings. The fraction of sp³-hybridized carbons (Fsp3) is 0.263. The Hall–Kier alpha value is -2.26. The van der Waals surface area contributed by atoms with Crippen molar-refractivity contribution in [2.45, 2.75) is 26.8 Å². The lowest BCUT2D eigenvalue weighted by Gasteiger charge is -2.15. The normalized spacial score (nSPS) is 14.5. The van der Waals surface area contributed by atoms with Crippen LogP contribution in [0, 0.1) is 19.8 Å². The topological polar surface area (TPSA) is 60.2 Å². The van der Waals surface area contributed by atoms with Gasteiger partial charge in [0.25, 0.3) is 0 Å². The van der Waals surface area contributed by atoms with Crippen molar-refractivity contribution in [2.75, 3.05) is 0 Å². The van der Waals surface area contributed by atoms with Gasteiger partial charge in [0.2, 0.25) is 0 Å². The number of rotatable bonds is 3. The van der Waals surface area contributed by atoms with Crippen LogP contribution in [-0.2, 0) is 13.0 Å². The van der Waals surface area contributed by atoms with Gasteiger partial charge in [-0.3, -0.25) is 9.59 Å². The zero-order valence-electron chi connectivity index (χ0n) is 12.8. The number of Topliss-reactive ketones (excluding diaryl/α,β-unsaturated/α-hetero) is 2. The van der Waals surface area contributed by atoms with E-state index in [1.54, 1.807) is 24.3 Å². The summed E-state index contributed by atoms with van der Waals surface area (Å²) < 4.78 is 0. The lowest BCUT2D eigenvalue weighted by molar-refractivity contribution is 0.0838. The highest BCUT2D eigenvalue weighted by Gasteiger charge is 2.38. The summed E-state index contributed by atoms with van der Waals surface area (Å²) in [5.41, 5.74) is 11.3. The number of nitrogens with two attached hydrogens (primary N) is 1. The predicted octanol–water partition coefficient (Wildman–Crippen LogP) is 3.00. The van der Waals surface area contributed by atoms with Gasteiger partial charge in [-0.25, -0.2) is 0 Å². The van der Waals surface area contributed by atoms with Crippen molar-refractivity contribution >= 4 is 11.6 Å². The van der Waals surface area contributed by atoms with Crippen LogP contribution in [0.5, 0.6) is 0 Å². The minimum Gasteiger partial charge on any atom is -0.326 e. The summed E-state index contributed by atoms with van der Waals surface area (Å²) in [4.78, 5) is 25.1. The standard InChI is InChI=1S/C19H19NO2/c1-11-7-12(2)17(10-20)13(8-11)9-16-18(21)14-5-3-4-6-15(14)19(16)22/h3-8,16H,9-10,20H2,1-2H3. The van der Waals surface area contributed by atoms with Crippen LogP contribution < -0.4 is 5.73 Å². The summed E-state index contributed by atoms with van der Waals surface area (Å²) in [6, 6.07) is 11.2. The molecule has 0 atom stereocenters. The molecular weight excluding hydrogens is 274 g/mol. The molecule has 0 bridgehead atoms. The summed E-state index contributed by atoms with van der Waals surface area (Å²) in [7, 11) is 0. The number of carbonyl (C=O) groups is 2. The van der Waals surface area contributed by atoms with Crippen molar-refractivity contribution in [1.29, 1.82) is 0 Å². The number of benzene rings is 2. The van der Waals surface area contributed by atoms with E-state index in [9.17, 15) is 9.59 Å². The van der Waals surface area contributed by atoms with Gasteiger partial charge in [-0.05, 0) is 37.0 Å². The van der Waals surface area contributed by atoms with Gasteiger partial charge >= 0.3 is 0 Å². The van der Waals surface area contributed by atoms with E-state index in [-0.39, 0.29) is 11.6 Å². The van der Waals surface area contributed by atoms with Crippen LogP contribution in [0.1, 0.15) is 43.0 Å². The Bertz CT molecular complexity index is 742. The van der Waals surface area contributed by atoms with Gasteiger partial charge in [0.15, 0.2) is 11.6 Å². The van der Waals surface area contributed by atoms with Crippen LogP contribution in [0.2, 0.25) is 0 Å². The molecule has 0 saturated carbocycles. The molecule has 0 radical (unpaired) electrons. The number of hydrogen-bond acceptors (Lipinski definition) is 3. The number of fused-ring (bicyclic) bond motifs is 1. The Balaban J connectivity index is 1.99. The van der Waals surface area contributed by atoms with E-state index in [4.69, 9.17) is 5.73 Å². The molecule has 1 aliphatic rings. The van der Waals surface area contributed by atoms with E-state index < -0.39 is 5.92 Å². The second-order valence-corrected chi connectivity index (χ2v) is 5.95. The van der Waals surface area contributed by atoms with Gasteiger partial charge in [-0.2, -0.15) is 0 Å².